The smallest absolute Gasteiger partial charge is 0.161 e. The van der Waals surface area contributed by atoms with Crippen molar-refractivity contribution in [1.29, 1.82) is 0 Å². The van der Waals surface area contributed by atoms with Gasteiger partial charge in [-0.05, 0) is 81.3 Å². The summed E-state index contributed by atoms with van der Waals surface area (Å²) < 4.78 is 19.5. The standard InChI is InChI=1S/C29H58O3S2/c1-21(2)30-28-26(17-13-12-16-20-34-24(7)8)25(9)29(31-22(3)4)32-27(28)18-14-10-11-15-19-33-23(5)6/h21-29H,10-20H2,1-9H3/t25?,26-,27?,28+,29+/m1/s1. The zero-order valence-electron chi connectivity index (χ0n) is 24.0. The molecule has 34 heavy (non-hydrogen) atoms. The van der Waals surface area contributed by atoms with Crippen molar-refractivity contribution in [2.45, 2.75) is 161 Å². The van der Waals surface area contributed by atoms with Crippen LogP contribution >= 0.6 is 23.5 Å². The maximum Gasteiger partial charge on any atom is 0.161 e. The second-order valence-corrected chi connectivity index (χ2v) is 14.7. The average Bonchev–Trinajstić information content (AvgIpc) is 2.73. The number of rotatable bonds is 19. The molecule has 1 fully saturated rings. The van der Waals surface area contributed by atoms with Crippen LogP contribution in [-0.2, 0) is 14.2 Å². The van der Waals surface area contributed by atoms with Crippen LogP contribution in [0, 0.1) is 11.8 Å². The zero-order valence-corrected chi connectivity index (χ0v) is 25.6. The fraction of sp³-hybridized carbons (Fsp3) is 1.00. The summed E-state index contributed by atoms with van der Waals surface area (Å²) in [6.45, 7) is 20.1. The van der Waals surface area contributed by atoms with E-state index in [4.69, 9.17) is 14.2 Å². The van der Waals surface area contributed by atoms with Gasteiger partial charge in [0.2, 0.25) is 0 Å². The molecule has 3 nitrogen and oxygen atoms in total. The van der Waals surface area contributed by atoms with Gasteiger partial charge in [0.1, 0.15) is 0 Å². The van der Waals surface area contributed by atoms with Crippen molar-refractivity contribution in [1.82, 2.24) is 0 Å². The summed E-state index contributed by atoms with van der Waals surface area (Å²) in [6.07, 6.45) is 12.0. The highest BCUT2D eigenvalue weighted by Gasteiger charge is 2.44. The van der Waals surface area contributed by atoms with Gasteiger partial charge in [-0.2, -0.15) is 23.5 Å². The number of hydrogen-bond donors (Lipinski definition) is 0. The van der Waals surface area contributed by atoms with E-state index in [2.05, 4.69) is 85.8 Å². The Morgan fingerprint density at radius 2 is 1.15 bits per heavy atom. The number of ether oxygens (including phenoxy) is 3. The third kappa shape index (κ3) is 14.4. The Morgan fingerprint density at radius 3 is 1.68 bits per heavy atom. The Kier molecular flexibility index (Phi) is 18.0. The molecule has 0 bridgehead atoms. The summed E-state index contributed by atoms with van der Waals surface area (Å²) in [5, 5.41) is 1.48. The van der Waals surface area contributed by atoms with Crippen molar-refractivity contribution in [3.05, 3.63) is 0 Å². The van der Waals surface area contributed by atoms with E-state index < -0.39 is 0 Å². The van der Waals surface area contributed by atoms with Gasteiger partial charge < -0.3 is 14.2 Å². The number of thioether (sulfide) groups is 2. The topological polar surface area (TPSA) is 27.7 Å². The molecule has 0 aromatic rings. The molecule has 0 aromatic carbocycles. The predicted molar refractivity (Wildman–Crippen MR) is 154 cm³/mol. The van der Waals surface area contributed by atoms with Gasteiger partial charge in [-0.25, -0.2) is 0 Å². The van der Waals surface area contributed by atoms with Gasteiger partial charge in [0.15, 0.2) is 6.29 Å². The van der Waals surface area contributed by atoms with E-state index in [9.17, 15) is 0 Å². The quantitative estimate of drug-likeness (QED) is 0.159. The Bertz CT molecular complexity index is 484. The van der Waals surface area contributed by atoms with Crippen LogP contribution in [0.2, 0.25) is 0 Å². The molecule has 5 atom stereocenters. The molecule has 1 heterocycles. The fourth-order valence-electron chi connectivity index (χ4n) is 4.83. The van der Waals surface area contributed by atoms with E-state index in [1.807, 2.05) is 0 Å². The molecular formula is C29H58O3S2. The van der Waals surface area contributed by atoms with Crippen molar-refractivity contribution < 1.29 is 14.2 Å². The molecule has 0 aromatic heterocycles. The molecule has 0 amide bonds. The molecular weight excluding hydrogens is 460 g/mol. The molecule has 1 rings (SSSR count). The van der Waals surface area contributed by atoms with Crippen molar-refractivity contribution in [2.75, 3.05) is 11.5 Å². The minimum Gasteiger partial charge on any atom is -0.373 e. The van der Waals surface area contributed by atoms with E-state index in [0.717, 1.165) is 16.9 Å². The molecule has 1 aliphatic heterocycles. The maximum absolute atomic E-state index is 6.63. The van der Waals surface area contributed by atoms with Crippen molar-refractivity contribution in [3.8, 4) is 0 Å². The largest absolute Gasteiger partial charge is 0.373 e. The van der Waals surface area contributed by atoms with Gasteiger partial charge in [0, 0.05) is 5.92 Å². The SMILES string of the molecule is CC(C)O[C@H]1OC(CCCCCCSC(C)C)[C@@H](OC(C)C)[C@H](CCCCCSC(C)C)C1C. The highest BCUT2D eigenvalue weighted by molar-refractivity contribution is 8.00. The third-order valence-electron chi connectivity index (χ3n) is 6.50. The first-order valence-electron chi connectivity index (χ1n) is 14.3. The van der Waals surface area contributed by atoms with Gasteiger partial charge in [-0.15, -0.1) is 0 Å². The Morgan fingerprint density at radius 1 is 0.647 bits per heavy atom. The maximum atomic E-state index is 6.63. The van der Waals surface area contributed by atoms with Crippen LogP contribution in [0.25, 0.3) is 0 Å². The van der Waals surface area contributed by atoms with Crippen LogP contribution in [0.4, 0.5) is 0 Å². The van der Waals surface area contributed by atoms with Crippen LogP contribution in [0.15, 0.2) is 0 Å². The molecule has 204 valence electrons. The van der Waals surface area contributed by atoms with Crippen LogP contribution in [0.1, 0.15) is 120 Å². The minimum absolute atomic E-state index is 0.110. The van der Waals surface area contributed by atoms with Crippen LogP contribution < -0.4 is 0 Å². The van der Waals surface area contributed by atoms with Gasteiger partial charge in [-0.3, -0.25) is 0 Å². The average molecular weight is 519 g/mol. The lowest BCUT2D eigenvalue weighted by Gasteiger charge is -2.47. The summed E-state index contributed by atoms with van der Waals surface area (Å²) in [7, 11) is 0. The molecule has 2 unspecified atom stereocenters. The fourth-order valence-corrected chi connectivity index (χ4v) is 6.52. The first-order chi connectivity index (χ1) is 16.1. The summed E-state index contributed by atoms with van der Waals surface area (Å²) in [5.74, 6) is 3.44. The molecule has 0 saturated carbocycles. The minimum atomic E-state index is -0.110. The van der Waals surface area contributed by atoms with Gasteiger partial charge in [0.05, 0.1) is 24.4 Å². The lowest BCUT2D eigenvalue weighted by molar-refractivity contribution is -0.287. The van der Waals surface area contributed by atoms with E-state index in [1.54, 1.807) is 0 Å². The highest BCUT2D eigenvalue weighted by atomic mass is 32.2. The Hall–Kier alpha value is 0.580. The van der Waals surface area contributed by atoms with Crippen molar-refractivity contribution in [2.24, 2.45) is 11.8 Å². The monoisotopic (exact) mass is 518 g/mol. The van der Waals surface area contributed by atoms with Gasteiger partial charge >= 0.3 is 0 Å². The van der Waals surface area contributed by atoms with E-state index in [1.165, 1.54) is 62.9 Å². The van der Waals surface area contributed by atoms with Crippen molar-refractivity contribution >= 4 is 23.5 Å². The first kappa shape index (κ1) is 32.6. The zero-order chi connectivity index (χ0) is 25.5. The van der Waals surface area contributed by atoms with Gasteiger partial charge in [-0.1, -0.05) is 66.7 Å². The molecule has 0 radical (unpaired) electrons. The predicted octanol–water partition coefficient (Wildman–Crippen LogP) is 8.98. The molecule has 1 saturated heterocycles. The number of unbranched alkanes of at least 4 members (excludes halogenated alkanes) is 5. The first-order valence-corrected chi connectivity index (χ1v) is 16.4. The molecule has 0 aliphatic carbocycles. The highest BCUT2D eigenvalue weighted by Crippen LogP contribution is 2.39. The van der Waals surface area contributed by atoms with E-state index in [0.29, 0.717) is 11.8 Å². The number of hydrogen-bond acceptors (Lipinski definition) is 5. The van der Waals surface area contributed by atoms with E-state index in [-0.39, 0.29) is 30.7 Å². The third-order valence-corrected chi connectivity index (χ3v) is 8.89. The van der Waals surface area contributed by atoms with Crippen LogP contribution in [0.3, 0.4) is 0 Å². The summed E-state index contributed by atoms with van der Waals surface area (Å²) >= 11 is 4.17. The van der Waals surface area contributed by atoms with Crippen LogP contribution in [-0.4, -0.2) is 52.7 Å². The van der Waals surface area contributed by atoms with E-state index >= 15 is 0 Å². The normalized spacial score (nSPS) is 25.9. The molecule has 5 heteroatoms. The Balaban J connectivity index is 2.69. The second-order valence-electron chi connectivity index (χ2n) is 11.3. The van der Waals surface area contributed by atoms with Crippen molar-refractivity contribution in [3.63, 3.8) is 0 Å². The molecule has 1 aliphatic rings. The summed E-state index contributed by atoms with van der Waals surface area (Å²) in [4.78, 5) is 0. The van der Waals surface area contributed by atoms with Crippen LogP contribution in [0.5, 0.6) is 0 Å². The van der Waals surface area contributed by atoms with Gasteiger partial charge in [0.25, 0.3) is 0 Å². The lowest BCUT2D eigenvalue weighted by atomic mass is 9.78. The second kappa shape index (κ2) is 18.8. The Labute approximate surface area is 222 Å². The summed E-state index contributed by atoms with van der Waals surface area (Å²) in [5.41, 5.74) is 0. The lowest BCUT2D eigenvalue weighted by Crippen LogP contribution is -2.53. The summed E-state index contributed by atoms with van der Waals surface area (Å²) in [6, 6.07) is 0. The molecule has 0 N–H and O–H groups in total. The molecule has 0 spiro atoms.